The zero-order valence-electron chi connectivity index (χ0n) is 20.8. The topological polar surface area (TPSA) is 83.1 Å². The summed E-state index contributed by atoms with van der Waals surface area (Å²) in [6.07, 6.45) is -2.94. The van der Waals surface area contributed by atoms with Crippen LogP contribution >= 0.6 is 0 Å². The number of piperazine rings is 1. The number of nitrogens with zero attached hydrogens (tertiary/aromatic N) is 4. The lowest BCUT2D eigenvalue weighted by Crippen LogP contribution is -2.49. The van der Waals surface area contributed by atoms with E-state index in [0.29, 0.717) is 63.6 Å². The molecule has 0 saturated carbocycles. The fraction of sp³-hybridized carbons (Fsp3) is 0.462. The zero-order valence-corrected chi connectivity index (χ0v) is 20.8. The van der Waals surface area contributed by atoms with Gasteiger partial charge in [-0.2, -0.15) is 13.2 Å². The Labute approximate surface area is 213 Å². The Balaban J connectivity index is 1.24. The Kier molecular flexibility index (Phi) is 7.42. The van der Waals surface area contributed by atoms with Gasteiger partial charge in [-0.25, -0.2) is 9.78 Å². The maximum absolute atomic E-state index is 12.7. The van der Waals surface area contributed by atoms with Crippen LogP contribution in [0.25, 0.3) is 0 Å². The summed E-state index contributed by atoms with van der Waals surface area (Å²) in [5.41, 5.74) is -0.202. The molecule has 0 aliphatic carbocycles. The van der Waals surface area contributed by atoms with Gasteiger partial charge >= 0.3 is 12.3 Å². The van der Waals surface area contributed by atoms with Gasteiger partial charge in [-0.15, -0.1) is 0 Å². The van der Waals surface area contributed by atoms with Gasteiger partial charge in [0.25, 0.3) is 0 Å². The molecule has 0 radical (unpaired) electrons. The quantitative estimate of drug-likeness (QED) is 0.554. The summed E-state index contributed by atoms with van der Waals surface area (Å²) in [6.45, 7) is 5.65. The predicted octanol–water partition coefficient (Wildman–Crippen LogP) is 4.14. The molecule has 2 saturated heterocycles. The van der Waals surface area contributed by atoms with Crippen molar-refractivity contribution in [2.24, 2.45) is 5.41 Å². The molecule has 8 nitrogen and oxygen atoms in total. The minimum absolute atomic E-state index is 0.152. The molecule has 11 heteroatoms. The monoisotopic (exact) mass is 518 g/mol. The number of alkyl halides is 3. The summed E-state index contributed by atoms with van der Waals surface area (Å²) in [7, 11) is 0. The third kappa shape index (κ3) is 6.58. The van der Waals surface area contributed by atoms with Crippen molar-refractivity contribution in [3.05, 3.63) is 53.7 Å². The standard InChI is InChI=1S/C26H29F3N4O4/c1-25(2)15-22(34)33(23(35)16-25)10-9-18-3-6-20(7-4-18)37-24(36)32-13-11-31(12-14-32)21-8-5-19(17-30-21)26(27,28)29/h3-8,17H,9-16H2,1-2H3. The molecular weight excluding hydrogens is 489 g/mol. The van der Waals surface area contributed by atoms with E-state index in [1.165, 1.54) is 15.9 Å². The maximum atomic E-state index is 12.7. The highest BCUT2D eigenvalue weighted by atomic mass is 19.4. The SMILES string of the molecule is CC1(C)CC(=O)N(CCc2ccc(OC(=O)N3CCN(c4ccc(C(F)(F)F)cn4)CC3)cc2)C(=O)C1. The highest BCUT2D eigenvalue weighted by Crippen LogP contribution is 2.32. The molecule has 0 N–H and O–H groups in total. The molecular formula is C26H29F3N4O4. The second-order valence-electron chi connectivity index (χ2n) is 10.1. The highest BCUT2D eigenvalue weighted by Gasteiger charge is 2.37. The number of aromatic nitrogens is 1. The van der Waals surface area contributed by atoms with Crippen molar-refractivity contribution in [3.63, 3.8) is 0 Å². The Morgan fingerprint density at radius 1 is 0.973 bits per heavy atom. The zero-order chi connectivity index (χ0) is 26.8. The van der Waals surface area contributed by atoms with Gasteiger partial charge in [0.05, 0.1) is 5.56 Å². The third-order valence-corrected chi connectivity index (χ3v) is 6.55. The molecule has 4 rings (SSSR count). The summed E-state index contributed by atoms with van der Waals surface area (Å²) >= 11 is 0. The molecule has 0 bridgehead atoms. The van der Waals surface area contributed by atoms with Crippen molar-refractivity contribution in [3.8, 4) is 5.75 Å². The number of hydrogen-bond donors (Lipinski definition) is 0. The van der Waals surface area contributed by atoms with Gasteiger partial charge < -0.3 is 14.5 Å². The number of halogens is 3. The summed E-state index contributed by atoms with van der Waals surface area (Å²) in [6, 6.07) is 9.24. The van der Waals surface area contributed by atoms with Crippen LogP contribution in [0, 0.1) is 5.41 Å². The van der Waals surface area contributed by atoms with E-state index >= 15 is 0 Å². The summed E-state index contributed by atoms with van der Waals surface area (Å²) in [5.74, 6) is 0.489. The van der Waals surface area contributed by atoms with Crippen molar-refractivity contribution < 1.29 is 32.3 Å². The lowest BCUT2D eigenvalue weighted by atomic mass is 9.81. The second-order valence-corrected chi connectivity index (χ2v) is 10.1. The molecule has 3 amide bonds. The van der Waals surface area contributed by atoms with Crippen molar-refractivity contribution >= 4 is 23.7 Å². The molecule has 0 atom stereocenters. The molecule has 0 unspecified atom stereocenters. The first kappa shape index (κ1) is 26.4. The van der Waals surface area contributed by atoms with E-state index in [4.69, 9.17) is 4.74 Å². The van der Waals surface area contributed by atoms with Gasteiger partial charge in [-0.3, -0.25) is 14.5 Å². The fourth-order valence-electron chi connectivity index (χ4n) is 4.45. The van der Waals surface area contributed by atoms with E-state index in [0.717, 1.165) is 17.8 Å². The second kappa shape index (κ2) is 10.4. The number of piperidine rings is 1. The minimum Gasteiger partial charge on any atom is -0.410 e. The number of imide groups is 1. The average Bonchev–Trinajstić information content (AvgIpc) is 2.83. The van der Waals surface area contributed by atoms with Crippen molar-refractivity contribution in [1.29, 1.82) is 0 Å². The van der Waals surface area contributed by atoms with E-state index in [9.17, 15) is 27.6 Å². The molecule has 2 aliphatic heterocycles. The Morgan fingerprint density at radius 2 is 1.59 bits per heavy atom. The van der Waals surface area contributed by atoms with Gasteiger partial charge in [0, 0.05) is 51.8 Å². The Morgan fingerprint density at radius 3 is 2.14 bits per heavy atom. The van der Waals surface area contributed by atoms with Crippen LogP contribution in [-0.4, -0.2) is 65.4 Å². The van der Waals surface area contributed by atoms with E-state index in [2.05, 4.69) is 4.98 Å². The third-order valence-electron chi connectivity index (χ3n) is 6.55. The molecule has 198 valence electrons. The van der Waals surface area contributed by atoms with Gasteiger partial charge in [0.15, 0.2) is 0 Å². The van der Waals surface area contributed by atoms with Crippen LogP contribution in [0.2, 0.25) is 0 Å². The number of rotatable bonds is 5. The van der Waals surface area contributed by atoms with Crippen molar-refractivity contribution in [2.45, 2.75) is 39.3 Å². The number of ether oxygens (including phenoxy) is 1. The number of benzene rings is 1. The number of carbonyl (C=O) groups excluding carboxylic acids is 3. The summed E-state index contributed by atoms with van der Waals surface area (Å²) < 4.78 is 43.7. The van der Waals surface area contributed by atoms with Crippen LogP contribution in [0.5, 0.6) is 5.75 Å². The van der Waals surface area contributed by atoms with Crippen LogP contribution < -0.4 is 9.64 Å². The van der Waals surface area contributed by atoms with Gasteiger partial charge in [0.1, 0.15) is 11.6 Å². The molecule has 2 aromatic rings. The van der Waals surface area contributed by atoms with E-state index in [1.54, 1.807) is 24.3 Å². The Hall–Kier alpha value is -3.63. The van der Waals surface area contributed by atoms with E-state index in [1.807, 2.05) is 18.7 Å². The van der Waals surface area contributed by atoms with Gasteiger partial charge in [-0.05, 0) is 41.7 Å². The molecule has 0 spiro atoms. The predicted molar refractivity (Wildman–Crippen MR) is 129 cm³/mol. The fourth-order valence-corrected chi connectivity index (χ4v) is 4.45. The lowest BCUT2D eigenvalue weighted by Gasteiger charge is -2.34. The van der Waals surface area contributed by atoms with Crippen molar-refractivity contribution in [1.82, 2.24) is 14.8 Å². The molecule has 1 aromatic carbocycles. The Bertz CT molecular complexity index is 1120. The molecule has 3 heterocycles. The van der Waals surface area contributed by atoms with Gasteiger partial charge in [-0.1, -0.05) is 26.0 Å². The first-order chi connectivity index (χ1) is 17.4. The largest absolute Gasteiger partial charge is 0.417 e. The smallest absolute Gasteiger partial charge is 0.410 e. The van der Waals surface area contributed by atoms with Gasteiger partial charge in [0.2, 0.25) is 11.8 Å². The molecule has 2 fully saturated rings. The van der Waals surface area contributed by atoms with Crippen LogP contribution in [-0.2, 0) is 22.2 Å². The van der Waals surface area contributed by atoms with Crippen LogP contribution in [0.3, 0.4) is 0 Å². The molecule has 2 aliphatic rings. The lowest BCUT2D eigenvalue weighted by molar-refractivity contribution is -0.152. The summed E-state index contributed by atoms with van der Waals surface area (Å²) in [5, 5.41) is 0. The minimum atomic E-state index is -4.44. The van der Waals surface area contributed by atoms with E-state index < -0.39 is 17.8 Å². The number of hydrogen-bond acceptors (Lipinski definition) is 6. The number of amides is 3. The first-order valence-corrected chi connectivity index (χ1v) is 12.1. The number of pyridine rings is 1. The van der Waals surface area contributed by atoms with Crippen LogP contribution in [0.1, 0.15) is 37.8 Å². The molecule has 1 aromatic heterocycles. The van der Waals surface area contributed by atoms with Crippen LogP contribution in [0.15, 0.2) is 42.6 Å². The first-order valence-electron chi connectivity index (χ1n) is 12.1. The number of likely N-dealkylation sites (tertiary alicyclic amines) is 1. The number of carbonyl (C=O) groups is 3. The summed E-state index contributed by atoms with van der Waals surface area (Å²) in [4.78, 5) is 45.8. The normalized spacial score (nSPS) is 18.2. The number of anilines is 1. The maximum Gasteiger partial charge on any atom is 0.417 e. The highest BCUT2D eigenvalue weighted by molar-refractivity contribution is 5.98. The van der Waals surface area contributed by atoms with Crippen molar-refractivity contribution in [2.75, 3.05) is 37.6 Å². The van der Waals surface area contributed by atoms with E-state index in [-0.39, 0.29) is 17.2 Å². The van der Waals surface area contributed by atoms with Crippen LogP contribution in [0.4, 0.5) is 23.8 Å². The average molecular weight is 519 g/mol. The molecule has 37 heavy (non-hydrogen) atoms.